The van der Waals surface area contributed by atoms with Gasteiger partial charge in [-0.25, -0.2) is 13.8 Å². The Balaban J connectivity index is 2.23. The van der Waals surface area contributed by atoms with Gasteiger partial charge in [0.15, 0.2) is 10.0 Å². The molecule has 2 aromatic rings. The zero-order valence-electron chi connectivity index (χ0n) is 11.4. The van der Waals surface area contributed by atoms with E-state index in [9.17, 15) is 13.6 Å². The molecule has 0 aliphatic rings. The highest BCUT2D eigenvalue weighted by atomic mass is 32.2. The van der Waals surface area contributed by atoms with Crippen molar-refractivity contribution in [1.82, 2.24) is 10.3 Å². The molecular weight excluding hydrogens is 316 g/mol. The Morgan fingerprint density at radius 3 is 2.62 bits per heavy atom. The number of nitrogens with zero attached hydrogens (tertiary/aromatic N) is 1. The van der Waals surface area contributed by atoms with E-state index in [0.717, 1.165) is 0 Å². The average Bonchev–Trinajstić information content (AvgIpc) is 2.89. The molecule has 1 aromatic heterocycles. The molecular formula is C13H13F2N3OS2. The lowest BCUT2D eigenvalue weighted by Gasteiger charge is -2.07. The first-order valence-corrected chi connectivity index (χ1v) is 8.04. The Hall–Kier alpha value is -1.67. The maximum Gasteiger partial charge on any atom is 0.272 e. The quantitative estimate of drug-likeness (QED) is 0.828. The first-order chi connectivity index (χ1) is 10.1. The molecule has 0 unspecified atom stereocenters. The van der Waals surface area contributed by atoms with Crippen LogP contribution >= 0.6 is 23.1 Å². The summed E-state index contributed by atoms with van der Waals surface area (Å²) in [5, 5.41) is 5.86. The molecule has 2 rings (SSSR count). The third-order valence-corrected chi connectivity index (χ3v) is 4.71. The van der Waals surface area contributed by atoms with Crippen LogP contribution in [-0.4, -0.2) is 24.2 Å². The highest BCUT2D eigenvalue weighted by Crippen LogP contribution is 2.31. The van der Waals surface area contributed by atoms with Crippen molar-refractivity contribution >= 4 is 34.0 Å². The van der Waals surface area contributed by atoms with E-state index in [0.29, 0.717) is 9.34 Å². The van der Waals surface area contributed by atoms with Crippen molar-refractivity contribution in [2.24, 2.45) is 0 Å². The minimum absolute atomic E-state index is 0.0570. The monoisotopic (exact) mass is 329 g/mol. The van der Waals surface area contributed by atoms with Crippen LogP contribution in [-0.2, 0) is 6.54 Å². The average molecular weight is 329 g/mol. The number of hydrogen-bond acceptors (Lipinski definition) is 5. The predicted molar refractivity (Wildman–Crippen MR) is 81.0 cm³/mol. The Morgan fingerprint density at radius 2 is 2.05 bits per heavy atom. The summed E-state index contributed by atoms with van der Waals surface area (Å²) in [5.41, 5.74) is 0.156. The minimum atomic E-state index is -0.626. The molecule has 0 bridgehead atoms. The molecule has 4 nitrogen and oxygen atoms in total. The van der Waals surface area contributed by atoms with Crippen LogP contribution in [0.25, 0.3) is 0 Å². The van der Waals surface area contributed by atoms with Crippen molar-refractivity contribution in [3.8, 4) is 0 Å². The number of rotatable bonds is 5. The van der Waals surface area contributed by atoms with Gasteiger partial charge < -0.3 is 10.6 Å². The number of carbonyl (C=O) groups is 1. The van der Waals surface area contributed by atoms with E-state index in [1.54, 1.807) is 0 Å². The van der Waals surface area contributed by atoms with Gasteiger partial charge in [-0.2, -0.15) is 0 Å². The number of halogens is 2. The lowest BCUT2D eigenvalue weighted by Crippen LogP contribution is -2.19. The van der Waals surface area contributed by atoms with Gasteiger partial charge in [0.05, 0.1) is 0 Å². The van der Waals surface area contributed by atoms with E-state index in [2.05, 4.69) is 15.6 Å². The number of thioether (sulfide) groups is 1. The van der Waals surface area contributed by atoms with E-state index >= 15 is 0 Å². The van der Waals surface area contributed by atoms with Crippen LogP contribution in [0.4, 0.5) is 13.8 Å². The second-order valence-corrected chi connectivity index (χ2v) is 6.05. The second-order valence-electron chi connectivity index (χ2n) is 3.99. The van der Waals surface area contributed by atoms with Gasteiger partial charge in [0.2, 0.25) is 0 Å². The summed E-state index contributed by atoms with van der Waals surface area (Å²) >= 11 is 2.67. The number of aromatic nitrogens is 1. The molecule has 0 atom stereocenters. The van der Waals surface area contributed by atoms with E-state index in [1.807, 2.05) is 6.26 Å². The van der Waals surface area contributed by atoms with Gasteiger partial charge in [-0.15, -0.1) is 0 Å². The standard InChI is InChI=1S/C13H13F2N3OS2/c1-16-11(19)10-12(21-13(18-10)20-2)17-6-7-8(14)4-3-5-9(7)15/h3-5,17H,6H2,1-2H3,(H,16,19). The van der Waals surface area contributed by atoms with Crippen molar-refractivity contribution in [1.29, 1.82) is 0 Å². The number of amides is 1. The lowest BCUT2D eigenvalue weighted by atomic mass is 10.2. The molecule has 112 valence electrons. The van der Waals surface area contributed by atoms with E-state index in [4.69, 9.17) is 0 Å². The fourth-order valence-corrected chi connectivity index (χ4v) is 3.11. The fourth-order valence-electron chi connectivity index (χ4n) is 1.65. The molecule has 21 heavy (non-hydrogen) atoms. The maximum absolute atomic E-state index is 13.6. The van der Waals surface area contributed by atoms with Crippen LogP contribution in [0.3, 0.4) is 0 Å². The molecule has 0 spiro atoms. The van der Waals surface area contributed by atoms with Gasteiger partial charge in [-0.05, 0) is 18.4 Å². The number of benzene rings is 1. The summed E-state index contributed by atoms with van der Waals surface area (Å²) in [5.74, 6) is -1.60. The van der Waals surface area contributed by atoms with Gasteiger partial charge in [0.1, 0.15) is 16.6 Å². The molecule has 0 radical (unpaired) electrons. The lowest BCUT2D eigenvalue weighted by molar-refractivity contribution is 0.0959. The number of anilines is 1. The summed E-state index contributed by atoms with van der Waals surface area (Å²) in [7, 11) is 1.50. The summed E-state index contributed by atoms with van der Waals surface area (Å²) in [4.78, 5) is 15.9. The highest BCUT2D eigenvalue weighted by molar-refractivity contribution is 8.00. The van der Waals surface area contributed by atoms with Crippen molar-refractivity contribution in [2.45, 2.75) is 10.9 Å². The van der Waals surface area contributed by atoms with Crippen LogP contribution < -0.4 is 10.6 Å². The van der Waals surface area contributed by atoms with Crippen LogP contribution in [0, 0.1) is 11.6 Å². The van der Waals surface area contributed by atoms with E-state index in [1.165, 1.54) is 48.3 Å². The highest BCUT2D eigenvalue weighted by Gasteiger charge is 2.18. The molecule has 0 saturated carbocycles. The number of nitrogens with one attached hydrogen (secondary N) is 2. The van der Waals surface area contributed by atoms with Crippen LogP contribution in [0.5, 0.6) is 0 Å². The van der Waals surface area contributed by atoms with Gasteiger partial charge in [-0.1, -0.05) is 29.2 Å². The normalized spacial score (nSPS) is 10.5. The topological polar surface area (TPSA) is 54.0 Å². The molecule has 0 aliphatic heterocycles. The van der Waals surface area contributed by atoms with Crippen LogP contribution in [0.1, 0.15) is 16.1 Å². The van der Waals surface area contributed by atoms with Gasteiger partial charge in [0, 0.05) is 19.2 Å². The summed E-state index contributed by atoms with van der Waals surface area (Å²) in [6.07, 6.45) is 1.84. The van der Waals surface area contributed by atoms with Gasteiger partial charge >= 0.3 is 0 Å². The summed E-state index contributed by atoms with van der Waals surface area (Å²) < 4.78 is 27.8. The maximum atomic E-state index is 13.6. The van der Waals surface area contributed by atoms with E-state index in [-0.39, 0.29) is 23.7 Å². The number of thiazole rings is 1. The van der Waals surface area contributed by atoms with Crippen molar-refractivity contribution in [2.75, 3.05) is 18.6 Å². The van der Waals surface area contributed by atoms with Crippen molar-refractivity contribution in [3.63, 3.8) is 0 Å². The molecule has 0 saturated heterocycles. The van der Waals surface area contributed by atoms with Gasteiger partial charge in [-0.3, -0.25) is 4.79 Å². The molecule has 0 aliphatic carbocycles. The molecule has 1 heterocycles. The summed E-state index contributed by atoms with van der Waals surface area (Å²) in [6, 6.07) is 3.70. The zero-order valence-corrected chi connectivity index (χ0v) is 13.0. The van der Waals surface area contributed by atoms with Gasteiger partial charge in [0.25, 0.3) is 5.91 Å². The third-order valence-electron chi connectivity index (χ3n) is 2.71. The first kappa shape index (κ1) is 15.7. The Labute approximate surface area is 129 Å². The van der Waals surface area contributed by atoms with E-state index < -0.39 is 11.6 Å². The predicted octanol–water partition coefficient (Wildman–Crippen LogP) is 3.11. The van der Waals surface area contributed by atoms with Crippen LogP contribution in [0.2, 0.25) is 0 Å². The minimum Gasteiger partial charge on any atom is -0.371 e. The fraction of sp³-hybridized carbons (Fsp3) is 0.231. The molecule has 1 aromatic carbocycles. The first-order valence-electron chi connectivity index (χ1n) is 6.00. The van der Waals surface area contributed by atoms with Crippen LogP contribution in [0.15, 0.2) is 22.5 Å². The molecule has 0 fully saturated rings. The third kappa shape index (κ3) is 3.51. The number of hydrogen-bond donors (Lipinski definition) is 2. The smallest absolute Gasteiger partial charge is 0.272 e. The Bertz CT molecular complexity index is 641. The van der Waals surface area contributed by atoms with Crippen molar-refractivity contribution in [3.05, 3.63) is 41.1 Å². The molecule has 1 amide bonds. The zero-order chi connectivity index (χ0) is 15.4. The SMILES string of the molecule is CNC(=O)c1nc(SC)sc1NCc1c(F)cccc1F. The Kier molecular flexibility index (Phi) is 5.13. The largest absolute Gasteiger partial charge is 0.371 e. The molecule has 2 N–H and O–H groups in total. The Morgan fingerprint density at radius 1 is 1.38 bits per heavy atom. The summed E-state index contributed by atoms with van der Waals surface area (Å²) in [6.45, 7) is -0.0570. The second kappa shape index (κ2) is 6.86. The molecule has 8 heteroatoms. The van der Waals surface area contributed by atoms with Crippen molar-refractivity contribution < 1.29 is 13.6 Å². The number of carbonyl (C=O) groups excluding carboxylic acids is 1.